The van der Waals surface area contributed by atoms with E-state index in [1.807, 2.05) is 45.1 Å². The van der Waals surface area contributed by atoms with Gasteiger partial charge in [-0.05, 0) is 74.0 Å². The van der Waals surface area contributed by atoms with Gasteiger partial charge in [0.15, 0.2) is 0 Å². The largest absolute Gasteiger partial charge is 0.461 e. The molecule has 0 aromatic heterocycles. The topological polar surface area (TPSA) is 60.0 Å². The maximum absolute atomic E-state index is 9.37. The van der Waals surface area contributed by atoms with Crippen LogP contribution in [0.3, 0.4) is 0 Å². The van der Waals surface area contributed by atoms with E-state index < -0.39 is 0 Å². The summed E-state index contributed by atoms with van der Waals surface area (Å²) in [7, 11) is 0. The lowest BCUT2D eigenvalue weighted by Crippen LogP contribution is -2.15. The normalized spacial score (nSPS) is 13.2. The zero-order valence-corrected chi connectivity index (χ0v) is 22.5. The fourth-order valence-electron chi connectivity index (χ4n) is 4.02. The Morgan fingerprint density at radius 3 is 1.63 bits per heavy atom. The van der Waals surface area contributed by atoms with Crippen molar-refractivity contribution >= 4 is 23.1 Å². The van der Waals surface area contributed by atoms with E-state index in [9.17, 15) is 10.5 Å². The number of nitriles is 2. The first-order valence-electron chi connectivity index (χ1n) is 12.6. The molecular formula is C34H31N3O. The molecule has 0 N–H and O–H groups in total. The number of hydrogen-bond acceptors (Lipinski definition) is 4. The Hall–Kier alpha value is -4.80. The summed E-state index contributed by atoms with van der Waals surface area (Å²) < 4.78 is 6.11. The van der Waals surface area contributed by atoms with Crippen LogP contribution in [0.4, 0.5) is 17.1 Å². The van der Waals surface area contributed by atoms with Crippen molar-refractivity contribution in [3.05, 3.63) is 130 Å². The van der Waals surface area contributed by atoms with Gasteiger partial charge in [0, 0.05) is 28.1 Å². The summed E-state index contributed by atoms with van der Waals surface area (Å²) in [6, 6.07) is 29.3. The molecule has 0 spiro atoms. The zero-order chi connectivity index (χ0) is 27.3. The lowest BCUT2D eigenvalue weighted by Gasteiger charge is -2.26. The molecule has 1 aliphatic heterocycles. The van der Waals surface area contributed by atoms with Gasteiger partial charge in [-0.15, -0.1) is 0 Å². The Balaban J connectivity index is 1.64. The summed E-state index contributed by atoms with van der Waals surface area (Å²) in [4.78, 5) is 2.24. The van der Waals surface area contributed by atoms with Gasteiger partial charge in [0.05, 0.1) is 0 Å². The third-order valence-corrected chi connectivity index (χ3v) is 6.24. The lowest BCUT2D eigenvalue weighted by atomic mass is 9.90. The van der Waals surface area contributed by atoms with Gasteiger partial charge in [-0.3, -0.25) is 0 Å². The molecule has 3 aromatic rings. The molecule has 0 aliphatic carbocycles. The van der Waals surface area contributed by atoms with Crippen LogP contribution in [0.15, 0.2) is 114 Å². The molecule has 0 radical (unpaired) electrons. The van der Waals surface area contributed by atoms with Crippen molar-refractivity contribution in [2.24, 2.45) is 5.41 Å². The summed E-state index contributed by atoms with van der Waals surface area (Å²) in [6.45, 7) is 10.3. The van der Waals surface area contributed by atoms with Crippen molar-refractivity contribution in [2.75, 3.05) is 4.90 Å². The molecule has 38 heavy (non-hydrogen) atoms. The molecule has 0 amide bonds. The number of nitrogens with zero attached hydrogens (tertiary/aromatic N) is 3. The first-order chi connectivity index (χ1) is 18.2. The van der Waals surface area contributed by atoms with E-state index in [4.69, 9.17) is 4.74 Å². The van der Waals surface area contributed by atoms with Crippen molar-refractivity contribution in [3.8, 4) is 12.1 Å². The maximum Gasteiger partial charge on any atom is 0.137 e. The predicted octanol–water partition coefficient (Wildman–Crippen LogP) is 8.97. The number of anilines is 3. The fourth-order valence-corrected chi connectivity index (χ4v) is 4.02. The highest BCUT2D eigenvalue weighted by Gasteiger charge is 2.24. The third kappa shape index (κ3) is 6.12. The minimum atomic E-state index is -0.272. The molecule has 1 aliphatic rings. The Kier molecular flexibility index (Phi) is 7.66. The molecule has 1 heterocycles. The van der Waals surface area contributed by atoms with Gasteiger partial charge in [-0.25, -0.2) is 0 Å². The summed E-state index contributed by atoms with van der Waals surface area (Å²) in [5.74, 6) is 1.29. The second-order valence-corrected chi connectivity index (χ2v) is 10.4. The van der Waals surface area contributed by atoms with Crippen LogP contribution >= 0.6 is 0 Å². The van der Waals surface area contributed by atoms with E-state index in [2.05, 4.69) is 91.5 Å². The van der Waals surface area contributed by atoms with Crippen molar-refractivity contribution in [1.82, 2.24) is 0 Å². The molecule has 3 aromatic carbocycles. The summed E-state index contributed by atoms with van der Waals surface area (Å²) in [5, 5.41) is 18.7. The second kappa shape index (κ2) is 11.1. The SMILES string of the molecule is Cc1ccc(N(c2ccc(C)cc2)c2ccc(/C=C/C3=CC(=C(C#N)C#N)C=C(C(C)(C)C)O3)cc2)cc1. The van der Waals surface area contributed by atoms with Crippen LogP contribution in [-0.4, -0.2) is 0 Å². The number of aryl methyl sites for hydroxylation is 2. The van der Waals surface area contributed by atoms with Gasteiger partial charge in [-0.1, -0.05) is 74.4 Å². The van der Waals surface area contributed by atoms with Crippen LogP contribution < -0.4 is 4.90 Å². The lowest BCUT2D eigenvalue weighted by molar-refractivity contribution is 0.223. The predicted molar refractivity (Wildman–Crippen MR) is 155 cm³/mol. The van der Waals surface area contributed by atoms with Crippen LogP contribution in [0.2, 0.25) is 0 Å². The van der Waals surface area contributed by atoms with E-state index in [0.717, 1.165) is 22.6 Å². The van der Waals surface area contributed by atoms with Crippen LogP contribution in [0.5, 0.6) is 0 Å². The van der Waals surface area contributed by atoms with Crippen molar-refractivity contribution in [1.29, 1.82) is 10.5 Å². The first-order valence-corrected chi connectivity index (χ1v) is 12.6. The van der Waals surface area contributed by atoms with E-state index in [0.29, 0.717) is 17.1 Å². The molecule has 4 nitrogen and oxygen atoms in total. The Bertz CT molecular complexity index is 1450. The smallest absolute Gasteiger partial charge is 0.137 e. The highest BCUT2D eigenvalue weighted by atomic mass is 16.5. The van der Waals surface area contributed by atoms with Crippen molar-refractivity contribution in [3.63, 3.8) is 0 Å². The average Bonchev–Trinajstić information content (AvgIpc) is 2.91. The highest BCUT2D eigenvalue weighted by molar-refractivity contribution is 5.77. The van der Waals surface area contributed by atoms with Crippen molar-refractivity contribution < 1.29 is 4.74 Å². The molecular weight excluding hydrogens is 466 g/mol. The van der Waals surface area contributed by atoms with Crippen LogP contribution in [0, 0.1) is 41.9 Å². The molecule has 0 fully saturated rings. The van der Waals surface area contributed by atoms with Crippen LogP contribution in [0.25, 0.3) is 6.08 Å². The zero-order valence-electron chi connectivity index (χ0n) is 22.5. The van der Waals surface area contributed by atoms with Gasteiger partial charge in [-0.2, -0.15) is 10.5 Å². The Morgan fingerprint density at radius 1 is 0.711 bits per heavy atom. The van der Waals surface area contributed by atoms with E-state index >= 15 is 0 Å². The standard InChI is InChI=1S/C34H31N3O/c1-24-6-13-29(14-7-24)37(30-15-8-25(2)9-16-30)31-17-10-26(11-18-31)12-19-32-20-27(28(22-35)23-36)21-33(38-32)34(3,4)5/h6-21H,1-5H3/b19-12+. The van der Waals surface area contributed by atoms with Gasteiger partial charge in [0.25, 0.3) is 0 Å². The number of allylic oxidation sites excluding steroid dienone is 6. The minimum Gasteiger partial charge on any atom is -0.461 e. The highest BCUT2D eigenvalue weighted by Crippen LogP contribution is 2.36. The molecule has 0 bridgehead atoms. The molecule has 0 saturated carbocycles. The van der Waals surface area contributed by atoms with Gasteiger partial charge >= 0.3 is 0 Å². The minimum absolute atomic E-state index is 0.0672. The maximum atomic E-state index is 9.37. The van der Waals surface area contributed by atoms with E-state index in [1.54, 1.807) is 12.2 Å². The third-order valence-electron chi connectivity index (χ3n) is 6.24. The van der Waals surface area contributed by atoms with Crippen molar-refractivity contribution in [2.45, 2.75) is 34.6 Å². The van der Waals surface area contributed by atoms with Gasteiger partial charge in [0.2, 0.25) is 0 Å². The molecule has 0 saturated heterocycles. The molecule has 0 unspecified atom stereocenters. The Labute approximate surface area is 225 Å². The van der Waals surface area contributed by atoms with Crippen LogP contribution in [0.1, 0.15) is 37.5 Å². The first kappa shape index (κ1) is 26.3. The van der Waals surface area contributed by atoms with E-state index in [-0.39, 0.29) is 11.0 Å². The second-order valence-electron chi connectivity index (χ2n) is 10.4. The Morgan fingerprint density at radius 2 is 1.18 bits per heavy atom. The number of rotatable bonds is 5. The molecule has 188 valence electrons. The summed E-state index contributed by atoms with van der Waals surface area (Å²) in [6.07, 6.45) is 7.36. The van der Waals surface area contributed by atoms with E-state index in [1.165, 1.54) is 11.1 Å². The van der Waals surface area contributed by atoms with Crippen LogP contribution in [-0.2, 0) is 4.74 Å². The monoisotopic (exact) mass is 497 g/mol. The summed E-state index contributed by atoms with van der Waals surface area (Å²) in [5.41, 5.74) is 7.04. The number of benzene rings is 3. The fraction of sp³-hybridized carbons (Fsp3) is 0.176. The van der Waals surface area contributed by atoms with Gasteiger partial charge in [0.1, 0.15) is 29.2 Å². The van der Waals surface area contributed by atoms with Gasteiger partial charge < -0.3 is 9.64 Å². The molecule has 4 heteroatoms. The average molecular weight is 498 g/mol. The number of ether oxygens (including phenoxy) is 1. The quantitative estimate of drug-likeness (QED) is 0.330. The number of hydrogen-bond donors (Lipinski definition) is 0. The summed E-state index contributed by atoms with van der Waals surface area (Å²) >= 11 is 0. The molecule has 0 atom stereocenters. The molecule has 4 rings (SSSR count).